The van der Waals surface area contributed by atoms with E-state index in [1.54, 1.807) is 24.3 Å². The number of nitro benzene ring substituents is 1. The van der Waals surface area contributed by atoms with Gasteiger partial charge < -0.3 is 10.1 Å². The highest BCUT2D eigenvalue weighted by Crippen LogP contribution is 2.29. The van der Waals surface area contributed by atoms with Gasteiger partial charge in [0.25, 0.3) is 5.69 Å². The summed E-state index contributed by atoms with van der Waals surface area (Å²) in [6.07, 6.45) is 0.0819. The van der Waals surface area contributed by atoms with Gasteiger partial charge in [-0.2, -0.15) is 5.26 Å². The Labute approximate surface area is 128 Å². The summed E-state index contributed by atoms with van der Waals surface area (Å²) in [6, 6.07) is 13.3. The maximum absolute atomic E-state index is 11.1. The average Bonchev–Trinajstić information content (AvgIpc) is 2.49. The van der Waals surface area contributed by atoms with Crippen LogP contribution in [0.5, 0.6) is 5.75 Å². The molecule has 22 heavy (non-hydrogen) atoms. The lowest BCUT2D eigenvalue weighted by Gasteiger charge is -2.11. The molecule has 1 N–H and O–H groups in total. The average molecular weight is 297 g/mol. The fourth-order valence-corrected chi connectivity index (χ4v) is 1.90. The molecule has 0 heterocycles. The summed E-state index contributed by atoms with van der Waals surface area (Å²) in [5.74, 6) is 0.731. The number of nitriles is 1. The summed E-state index contributed by atoms with van der Waals surface area (Å²) in [7, 11) is 0. The van der Waals surface area contributed by atoms with E-state index in [0.717, 1.165) is 5.75 Å². The summed E-state index contributed by atoms with van der Waals surface area (Å²) in [6.45, 7) is 3.87. The maximum atomic E-state index is 11.1. The molecule has 2 rings (SSSR count). The summed E-state index contributed by atoms with van der Waals surface area (Å²) in [5.41, 5.74) is 1.14. The summed E-state index contributed by atoms with van der Waals surface area (Å²) in [5, 5.41) is 22.9. The third-order valence-electron chi connectivity index (χ3n) is 2.83. The zero-order chi connectivity index (χ0) is 16.1. The number of benzene rings is 2. The smallest absolute Gasteiger partial charge is 0.293 e. The lowest BCUT2D eigenvalue weighted by Crippen LogP contribution is -2.05. The predicted molar refractivity (Wildman–Crippen MR) is 83.3 cm³/mol. The first-order valence-electron chi connectivity index (χ1n) is 6.72. The van der Waals surface area contributed by atoms with E-state index in [0.29, 0.717) is 11.4 Å². The summed E-state index contributed by atoms with van der Waals surface area (Å²) in [4.78, 5) is 10.6. The molecular weight excluding hydrogens is 282 g/mol. The summed E-state index contributed by atoms with van der Waals surface area (Å²) < 4.78 is 5.54. The molecule has 112 valence electrons. The number of hydrogen-bond acceptors (Lipinski definition) is 5. The van der Waals surface area contributed by atoms with Gasteiger partial charge in [0.15, 0.2) is 0 Å². The van der Waals surface area contributed by atoms with Crippen LogP contribution in [0.2, 0.25) is 0 Å². The number of nitrogens with one attached hydrogen (secondary N) is 1. The topological polar surface area (TPSA) is 88.2 Å². The van der Waals surface area contributed by atoms with Crippen LogP contribution in [0.1, 0.15) is 19.4 Å². The van der Waals surface area contributed by atoms with Crippen LogP contribution in [-0.4, -0.2) is 11.0 Å². The Hall–Kier alpha value is -3.07. The third kappa shape index (κ3) is 3.73. The van der Waals surface area contributed by atoms with Crippen molar-refractivity contribution >= 4 is 17.1 Å². The molecule has 2 aromatic carbocycles. The van der Waals surface area contributed by atoms with Crippen molar-refractivity contribution < 1.29 is 9.66 Å². The van der Waals surface area contributed by atoms with Crippen LogP contribution in [0.15, 0.2) is 42.5 Å². The van der Waals surface area contributed by atoms with Crippen molar-refractivity contribution in [2.45, 2.75) is 20.0 Å². The van der Waals surface area contributed by atoms with Crippen molar-refractivity contribution in [3.8, 4) is 11.8 Å². The Morgan fingerprint density at radius 1 is 1.23 bits per heavy atom. The van der Waals surface area contributed by atoms with Gasteiger partial charge in [-0.15, -0.1) is 0 Å². The van der Waals surface area contributed by atoms with Crippen LogP contribution in [-0.2, 0) is 0 Å². The number of hydrogen-bond donors (Lipinski definition) is 1. The van der Waals surface area contributed by atoms with Crippen molar-refractivity contribution in [1.82, 2.24) is 0 Å². The minimum Gasteiger partial charge on any atom is -0.491 e. The molecule has 0 fully saturated rings. The molecule has 0 aliphatic carbocycles. The molecule has 0 aromatic heterocycles. The second-order valence-corrected chi connectivity index (χ2v) is 4.92. The first-order chi connectivity index (χ1) is 10.5. The van der Waals surface area contributed by atoms with Gasteiger partial charge >= 0.3 is 0 Å². The van der Waals surface area contributed by atoms with E-state index in [-0.39, 0.29) is 17.4 Å². The van der Waals surface area contributed by atoms with Crippen molar-refractivity contribution in [2.75, 3.05) is 5.32 Å². The highest BCUT2D eigenvalue weighted by molar-refractivity contribution is 5.71. The van der Waals surface area contributed by atoms with Crippen LogP contribution in [0, 0.1) is 21.4 Å². The molecule has 2 aromatic rings. The molecule has 0 saturated heterocycles. The van der Waals surface area contributed by atoms with E-state index in [1.165, 1.54) is 18.2 Å². The highest BCUT2D eigenvalue weighted by Gasteiger charge is 2.14. The molecule has 0 aliphatic heterocycles. The SMILES string of the molecule is CC(C)Oc1ccc(Nc2ccc(C#N)cc2[N+](=O)[O-])cc1. The Bertz CT molecular complexity index is 718. The zero-order valence-electron chi connectivity index (χ0n) is 12.2. The molecule has 0 amide bonds. The largest absolute Gasteiger partial charge is 0.491 e. The second-order valence-electron chi connectivity index (χ2n) is 4.92. The van der Waals surface area contributed by atoms with E-state index < -0.39 is 4.92 Å². The van der Waals surface area contributed by atoms with Crippen LogP contribution in [0.3, 0.4) is 0 Å². The van der Waals surface area contributed by atoms with Gasteiger partial charge in [-0.25, -0.2) is 0 Å². The molecule has 0 atom stereocenters. The molecular formula is C16H15N3O3. The van der Waals surface area contributed by atoms with E-state index in [9.17, 15) is 10.1 Å². The Morgan fingerprint density at radius 3 is 2.45 bits per heavy atom. The fourth-order valence-electron chi connectivity index (χ4n) is 1.90. The standard InChI is InChI=1S/C16H15N3O3/c1-11(2)22-14-6-4-13(5-7-14)18-15-8-3-12(10-17)9-16(15)19(20)21/h3-9,11,18H,1-2H3. The van der Waals surface area contributed by atoms with Crippen LogP contribution in [0.4, 0.5) is 17.1 Å². The molecule has 0 saturated carbocycles. The van der Waals surface area contributed by atoms with Gasteiger partial charge in [0.2, 0.25) is 0 Å². The number of nitro groups is 1. The van der Waals surface area contributed by atoms with E-state index in [2.05, 4.69) is 5.32 Å². The van der Waals surface area contributed by atoms with Gasteiger partial charge in [0.05, 0.1) is 22.7 Å². The third-order valence-corrected chi connectivity index (χ3v) is 2.83. The molecule has 0 aliphatic rings. The molecule has 6 heteroatoms. The van der Waals surface area contributed by atoms with Gasteiger partial charge in [-0.05, 0) is 50.2 Å². The summed E-state index contributed by atoms with van der Waals surface area (Å²) >= 11 is 0. The van der Waals surface area contributed by atoms with E-state index in [4.69, 9.17) is 10.00 Å². The monoisotopic (exact) mass is 297 g/mol. The molecule has 0 radical (unpaired) electrons. The lowest BCUT2D eigenvalue weighted by molar-refractivity contribution is -0.383. The number of rotatable bonds is 5. The quantitative estimate of drug-likeness (QED) is 0.665. The number of nitrogens with zero attached hydrogens (tertiary/aromatic N) is 2. The van der Waals surface area contributed by atoms with Gasteiger partial charge in [0.1, 0.15) is 11.4 Å². The van der Waals surface area contributed by atoms with Gasteiger partial charge in [0, 0.05) is 11.8 Å². The van der Waals surface area contributed by atoms with E-state index >= 15 is 0 Å². The first-order valence-corrected chi connectivity index (χ1v) is 6.72. The predicted octanol–water partition coefficient (Wildman–Crippen LogP) is 4.00. The zero-order valence-corrected chi connectivity index (χ0v) is 12.2. The van der Waals surface area contributed by atoms with Crippen molar-refractivity contribution in [3.63, 3.8) is 0 Å². The lowest BCUT2D eigenvalue weighted by atomic mass is 10.2. The Balaban J connectivity index is 2.23. The van der Waals surface area contributed by atoms with E-state index in [1.807, 2.05) is 19.9 Å². The highest BCUT2D eigenvalue weighted by atomic mass is 16.6. The van der Waals surface area contributed by atoms with Crippen LogP contribution >= 0.6 is 0 Å². The Morgan fingerprint density at radius 2 is 1.91 bits per heavy atom. The second kappa shape index (κ2) is 6.59. The minimum absolute atomic E-state index is 0.0819. The van der Waals surface area contributed by atoms with Crippen molar-refractivity contribution in [3.05, 3.63) is 58.1 Å². The minimum atomic E-state index is -0.514. The number of anilines is 2. The van der Waals surface area contributed by atoms with Crippen molar-refractivity contribution in [2.24, 2.45) is 0 Å². The van der Waals surface area contributed by atoms with Gasteiger partial charge in [-0.1, -0.05) is 0 Å². The maximum Gasteiger partial charge on any atom is 0.293 e. The molecule has 0 unspecified atom stereocenters. The fraction of sp³-hybridized carbons (Fsp3) is 0.188. The number of ether oxygens (including phenoxy) is 1. The van der Waals surface area contributed by atoms with Gasteiger partial charge in [-0.3, -0.25) is 10.1 Å². The first kappa shape index (κ1) is 15.3. The van der Waals surface area contributed by atoms with Crippen LogP contribution < -0.4 is 10.1 Å². The molecule has 6 nitrogen and oxygen atoms in total. The van der Waals surface area contributed by atoms with Crippen LogP contribution in [0.25, 0.3) is 0 Å². The Kier molecular flexibility index (Phi) is 4.59. The normalized spacial score (nSPS) is 10.1. The molecule has 0 bridgehead atoms. The van der Waals surface area contributed by atoms with Crippen molar-refractivity contribution in [1.29, 1.82) is 5.26 Å². The molecule has 0 spiro atoms.